The van der Waals surface area contributed by atoms with E-state index in [0.29, 0.717) is 11.3 Å². The summed E-state index contributed by atoms with van der Waals surface area (Å²) in [5.74, 6) is -0.428. The first kappa shape index (κ1) is 16.1. The number of carbonyl (C=O) groups excluding carboxylic acids is 2. The van der Waals surface area contributed by atoms with Crippen LogP contribution in [-0.2, 0) is 9.53 Å². The summed E-state index contributed by atoms with van der Waals surface area (Å²) in [6, 6.07) is 6.88. The molecule has 0 bridgehead atoms. The third kappa shape index (κ3) is 3.67. The highest BCUT2D eigenvalue weighted by atomic mass is 16.6. The molecule has 1 aromatic rings. The van der Waals surface area contributed by atoms with Crippen LogP contribution in [0.3, 0.4) is 0 Å². The summed E-state index contributed by atoms with van der Waals surface area (Å²) in [5.41, 5.74) is 2.31. The molecular formula is C17H22N2O3. The molecule has 0 aliphatic carbocycles. The molecule has 0 unspecified atom stereocenters. The Morgan fingerprint density at radius 3 is 2.27 bits per heavy atom. The van der Waals surface area contributed by atoms with Crippen LogP contribution in [0.5, 0.6) is 0 Å². The molecule has 1 heterocycles. The second-order valence-electron chi connectivity index (χ2n) is 6.48. The van der Waals surface area contributed by atoms with Crippen molar-refractivity contribution in [2.24, 2.45) is 0 Å². The number of hydrogen-bond donors (Lipinski definition) is 2. The number of hydrogen-bond acceptors (Lipinski definition) is 3. The normalized spacial score (nSPS) is 18.6. The van der Waals surface area contributed by atoms with Gasteiger partial charge in [-0.05, 0) is 40.2 Å². The number of amides is 2. The van der Waals surface area contributed by atoms with Crippen molar-refractivity contribution in [3.63, 3.8) is 0 Å². The summed E-state index contributed by atoms with van der Waals surface area (Å²) >= 11 is 0. The van der Waals surface area contributed by atoms with E-state index in [0.717, 1.165) is 11.1 Å². The van der Waals surface area contributed by atoms with E-state index in [-0.39, 0.29) is 6.03 Å². The Morgan fingerprint density at radius 1 is 1.14 bits per heavy atom. The van der Waals surface area contributed by atoms with E-state index in [2.05, 4.69) is 10.6 Å². The van der Waals surface area contributed by atoms with E-state index in [1.807, 2.05) is 52.0 Å². The maximum atomic E-state index is 12.5. The fourth-order valence-electron chi connectivity index (χ4n) is 2.31. The first-order chi connectivity index (χ1) is 10.2. The Hall–Kier alpha value is -2.30. The zero-order valence-electron chi connectivity index (χ0n) is 13.6. The maximum Gasteiger partial charge on any atom is 0.338 e. The molecule has 5 heteroatoms. The van der Waals surface area contributed by atoms with Crippen molar-refractivity contribution in [1.82, 2.24) is 10.6 Å². The van der Waals surface area contributed by atoms with Gasteiger partial charge in [-0.1, -0.05) is 29.8 Å². The van der Waals surface area contributed by atoms with Crippen molar-refractivity contribution in [2.75, 3.05) is 0 Å². The van der Waals surface area contributed by atoms with Gasteiger partial charge in [0.05, 0.1) is 11.6 Å². The smallest absolute Gasteiger partial charge is 0.338 e. The Kier molecular flexibility index (Phi) is 4.26. The summed E-state index contributed by atoms with van der Waals surface area (Å²) in [6.45, 7) is 9.14. The van der Waals surface area contributed by atoms with Gasteiger partial charge in [0.15, 0.2) is 0 Å². The van der Waals surface area contributed by atoms with Crippen molar-refractivity contribution >= 4 is 12.0 Å². The van der Waals surface area contributed by atoms with E-state index < -0.39 is 17.6 Å². The van der Waals surface area contributed by atoms with Crippen LogP contribution in [0.2, 0.25) is 0 Å². The Bertz CT molecular complexity index is 624. The summed E-state index contributed by atoms with van der Waals surface area (Å²) < 4.78 is 5.47. The predicted octanol–water partition coefficient (Wildman–Crippen LogP) is 2.96. The molecule has 1 atom stereocenters. The fraction of sp³-hybridized carbons (Fsp3) is 0.412. The largest absolute Gasteiger partial charge is 0.456 e. The van der Waals surface area contributed by atoms with Gasteiger partial charge in [-0.15, -0.1) is 0 Å². The first-order valence-corrected chi connectivity index (χ1v) is 7.25. The minimum absolute atomic E-state index is 0.324. The van der Waals surface area contributed by atoms with Crippen molar-refractivity contribution < 1.29 is 14.3 Å². The molecule has 2 amide bonds. The Labute approximate surface area is 130 Å². The van der Waals surface area contributed by atoms with E-state index in [4.69, 9.17) is 4.74 Å². The highest BCUT2D eigenvalue weighted by Crippen LogP contribution is 2.29. The van der Waals surface area contributed by atoms with Gasteiger partial charge < -0.3 is 15.4 Å². The minimum atomic E-state index is -0.594. The summed E-state index contributed by atoms with van der Waals surface area (Å²) in [7, 11) is 0. The van der Waals surface area contributed by atoms with Crippen LogP contribution < -0.4 is 10.6 Å². The van der Waals surface area contributed by atoms with Gasteiger partial charge in [0.2, 0.25) is 0 Å². The molecular weight excluding hydrogens is 280 g/mol. The Balaban J connectivity index is 2.41. The number of nitrogens with one attached hydrogen (secondary N) is 2. The SMILES string of the molecule is CC1=C(C(=O)OC(C)(C)C)[C@H](c2ccc(C)cc2)NC(=O)N1. The van der Waals surface area contributed by atoms with Gasteiger partial charge in [0, 0.05) is 5.70 Å². The van der Waals surface area contributed by atoms with Crippen LogP contribution in [0.25, 0.3) is 0 Å². The highest BCUT2D eigenvalue weighted by Gasteiger charge is 2.33. The average molecular weight is 302 g/mol. The number of urea groups is 1. The van der Waals surface area contributed by atoms with Crippen LogP contribution in [-0.4, -0.2) is 17.6 Å². The van der Waals surface area contributed by atoms with Crippen molar-refractivity contribution in [2.45, 2.75) is 46.3 Å². The lowest BCUT2D eigenvalue weighted by atomic mass is 9.95. The quantitative estimate of drug-likeness (QED) is 0.825. The molecule has 0 spiro atoms. The van der Waals surface area contributed by atoms with Crippen molar-refractivity contribution in [1.29, 1.82) is 0 Å². The summed E-state index contributed by atoms with van der Waals surface area (Å²) in [5, 5.41) is 5.43. The number of aryl methyl sites for hydroxylation is 1. The van der Waals surface area contributed by atoms with E-state index >= 15 is 0 Å². The average Bonchev–Trinajstić information content (AvgIpc) is 2.36. The van der Waals surface area contributed by atoms with Crippen LogP contribution in [0.15, 0.2) is 35.5 Å². The summed E-state index contributed by atoms with van der Waals surface area (Å²) in [4.78, 5) is 24.3. The number of allylic oxidation sites excluding steroid dienone is 1. The fourth-order valence-corrected chi connectivity index (χ4v) is 2.31. The zero-order chi connectivity index (χ0) is 16.5. The monoisotopic (exact) mass is 302 g/mol. The molecule has 5 nitrogen and oxygen atoms in total. The third-order valence-electron chi connectivity index (χ3n) is 3.30. The lowest BCUT2D eigenvalue weighted by Gasteiger charge is -2.30. The zero-order valence-corrected chi connectivity index (χ0v) is 13.6. The number of ether oxygens (including phenoxy) is 1. The van der Waals surface area contributed by atoms with Crippen molar-refractivity contribution in [3.8, 4) is 0 Å². The molecule has 0 fully saturated rings. The molecule has 2 rings (SSSR count). The third-order valence-corrected chi connectivity index (χ3v) is 3.30. The molecule has 1 aromatic carbocycles. The molecule has 0 radical (unpaired) electrons. The number of carbonyl (C=O) groups is 2. The van der Waals surface area contributed by atoms with E-state index in [9.17, 15) is 9.59 Å². The van der Waals surface area contributed by atoms with Crippen LogP contribution in [0.4, 0.5) is 4.79 Å². The number of benzene rings is 1. The predicted molar refractivity (Wildman–Crippen MR) is 84.1 cm³/mol. The molecule has 22 heavy (non-hydrogen) atoms. The van der Waals surface area contributed by atoms with Gasteiger partial charge >= 0.3 is 12.0 Å². The molecule has 0 aromatic heterocycles. The Morgan fingerprint density at radius 2 is 1.73 bits per heavy atom. The second kappa shape index (κ2) is 5.83. The number of rotatable bonds is 2. The molecule has 1 aliphatic heterocycles. The standard InChI is InChI=1S/C17H22N2O3/c1-10-6-8-12(9-7-10)14-13(11(2)18-16(21)19-14)15(20)22-17(3,4)5/h6-9,14H,1-5H3,(H2,18,19,21)/t14-/m0/s1. The molecule has 0 saturated carbocycles. The van der Waals surface area contributed by atoms with Gasteiger partial charge in [-0.25, -0.2) is 9.59 Å². The van der Waals surface area contributed by atoms with Gasteiger partial charge in [0.25, 0.3) is 0 Å². The van der Waals surface area contributed by atoms with Gasteiger partial charge in [0.1, 0.15) is 5.60 Å². The van der Waals surface area contributed by atoms with Gasteiger partial charge in [-0.2, -0.15) is 0 Å². The van der Waals surface area contributed by atoms with Crippen molar-refractivity contribution in [3.05, 3.63) is 46.7 Å². The maximum absolute atomic E-state index is 12.5. The van der Waals surface area contributed by atoms with E-state index in [1.165, 1.54) is 0 Å². The van der Waals surface area contributed by atoms with Gasteiger partial charge in [-0.3, -0.25) is 0 Å². The lowest BCUT2D eigenvalue weighted by Crippen LogP contribution is -2.46. The highest BCUT2D eigenvalue weighted by molar-refractivity contribution is 5.95. The topological polar surface area (TPSA) is 67.4 Å². The second-order valence-corrected chi connectivity index (χ2v) is 6.48. The van der Waals surface area contributed by atoms with Crippen LogP contribution in [0.1, 0.15) is 44.9 Å². The minimum Gasteiger partial charge on any atom is -0.456 e. The lowest BCUT2D eigenvalue weighted by molar-refractivity contribution is -0.150. The molecule has 2 N–H and O–H groups in total. The number of esters is 1. The summed E-state index contributed by atoms with van der Waals surface area (Å²) in [6.07, 6.45) is 0. The first-order valence-electron chi connectivity index (χ1n) is 7.25. The molecule has 1 aliphatic rings. The molecule has 0 saturated heterocycles. The van der Waals surface area contributed by atoms with Crippen LogP contribution >= 0.6 is 0 Å². The van der Waals surface area contributed by atoms with E-state index in [1.54, 1.807) is 6.92 Å². The van der Waals surface area contributed by atoms with Crippen LogP contribution in [0, 0.1) is 6.92 Å². The molecule has 118 valence electrons.